The summed E-state index contributed by atoms with van der Waals surface area (Å²) >= 11 is -2.96. The van der Waals surface area contributed by atoms with E-state index < -0.39 is 45.7 Å². The number of β-lactam (4-membered cyclic amide) rings is 1. The van der Waals surface area contributed by atoms with Crippen LogP contribution in [0.1, 0.15) is 30.6 Å². The number of likely N-dealkylation sites (tertiary alicyclic amines) is 1. The predicted molar refractivity (Wildman–Crippen MR) is 93.7 cm³/mol. The molecule has 0 radical (unpaired) electrons. The molecule has 1 heterocycles. The van der Waals surface area contributed by atoms with Crippen molar-refractivity contribution < 1.29 is 33.4 Å². The SMILES string of the molecule is C[C@@H]1CC(=O)N1[C@@H](C(=O)O)[C@](C)(/C=N/NC(=O)c1ccc(O)cc1)S(=O)[O-]. The van der Waals surface area contributed by atoms with E-state index in [0.29, 0.717) is 0 Å². The normalized spacial score (nSPS) is 21.2. The molecule has 4 atom stereocenters. The van der Waals surface area contributed by atoms with Gasteiger partial charge in [0.1, 0.15) is 5.75 Å². The molecule has 11 heteroatoms. The first-order chi connectivity index (χ1) is 12.6. The van der Waals surface area contributed by atoms with Gasteiger partial charge in [0.25, 0.3) is 5.91 Å². The van der Waals surface area contributed by atoms with Crippen LogP contribution in [0, 0.1) is 0 Å². The number of rotatable bonds is 7. The fourth-order valence-electron chi connectivity index (χ4n) is 2.73. The lowest BCUT2D eigenvalue weighted by atomic mass is 9.92. The van der Waals surface area contributed by atoms with Gasteiger partial charge in [-0.1, -0.05) is 0 Å². The Kier molecular flexibility index (Phi) is 5.96. The number of carboxylic acid groups (broad SMARTS) is 1. The third-order valence-corrected chi connectivity index (χ3v) is 5.31. The number of carboxylic acids is 1. The third-order valence-electron chi connectivity index (χ3n) is 4.26. The number of aromatic hydroxyl groups is 1. The first-order valence-electron chi connectivity index (χ1n) is 7.85. The highest BCUT2D eigenvalue weighted by Crippen LogP contribution is 2.30. The van der Waals surface area contributed by atoms with Gasteiger partial charge in [-0.25, -0.2) is 10.2 Å². The number of nitrogens with zero attached hydrogens (tertiary/aromatic N) is 2. The molecule has 1 unspecified atom stereocenters. The summed E-state index contributed by atoms with van der Waals surface area (Å²) in [6.45, 7) is 2.71. The highest BCUT2D eigenvalue weighted by atomic mass is 32.2. The molecule has 1 aromatic rings. The number of phenols is 1. The number of hydrogen-bond donors (Lipinski definition) is 3. The minimum atomic E-state index is -2.96. The fourth-order valence-corrected chi connectivity index (χ4v) is 3.27. The van der Waals surface area contributed by atoms with Crippen LogP contribution in [0.2, 0.25) is 0 Å². The molecule has 1 aromatic carbocycles. The van der Waals surface area contributed by atoms with E-state index >= 15 is 0 Å². The zero-order chi connectivity index (χ0) is 20.4. The number of aliphatic carboxylic acids is 1. The number of amides is 2. The highest BCUT2D eigenvalue weighted by molar-refractivity contribution is 7.81. The molecule has 1 aliphatic rings. The first-order valence-corrected chi connectivity index (χ1v) is 8.92. The van der Waals surface area contributed by atoms with Gasteiger partial charge in [-0.2, -0.15) is 5.10 Å². The fraction of sp³-hybridized carbons (Fsp3) is 0.375. The number of nitrogens with one attached hydrogen (secondary N) is 1. The van der Waals surface area contributed by atoms with Crippen LogP contribution in [0.4, 0.5) is 0 Å². The molecule has 0 aliphatic carbocycles. The molecular weight excluding hydrogens is 378 g/mol. The second-order valence-electron chi connectivity index (χ2n) is 6.26. The van der Waals surface area contributed by atoms with Crippen molar-refractivity contribution in [2.24, 2.45) is 5.10 Å². The van der Waals surface area contributed by atoms with E-state index in [1.807, 2.05) is 0 Å². The van der Waals surface area contributed by atoms with E-state index in [-0.39, 0.29) is 17.7 Å². The second-order valence-corrected chi connectivity index (χ2v) is 7.61. The van der Waals surface area contributed by atoms with Crippen molar-refractivity contribution in [2.75, 3.05) is 0 Å². The average Bonchev–Trinajstić information content (AvgIpc) is 2.59. The summed E-state index contributed by atoms with van der Waals surface area (Å²) in [5.41, 5.74) is 2.25. The van der Waals surface area contributed by atoms with Crippen molar-refractivity contribution >= 4 is 35.1 Å². The monoisotopic (exact) mass is 396 g/mol. The molecule has 0 aromatic heterocycles. The molecule has 3 N–H and O–H groups in total. The van der Waals surface area contributed by atoms with Gasteiger partial charge in [-0.05, 0) is 49.2 Å². The molecule has 146 valence electrons. The predicted octanol–water partition coefficient (Wildman–Crippen LogP) is -0.180. The van der Waals surface area contributed by atoms with Crippen LogP contribution >= 0.6 is 0 Å². The third kappa shape index (κ3) is 4.14. The highest BCUT2D eigenvalue weighted by Gasteiger charge is 2.51. The lowest BCUT2D eigenvalue weighted by Gasteiger charge is -2.48. The molecule has 10 nitrogen and oxygen atoms in total. The summed E-state index contributed by atoms with van der Waals surface area (Å²) in [6.07, 6.45) is 0.908. The van der Waals surface area contributed by atoms with Crippen molar-refractivity contribution in [3.63, 3.8) is 0 Å². The summed E-state index contributed by atoms with van der Waals surface area (Å²) in [7, 11) is 0. The Morgan fingerprint density at radius 2 is 2.04 bits per heavy atom. The molecule has 0 bridgehead atoms. The number of hydrogen-bond acceptors (Lipinski definition) is 7. The number of phenolic OH excluding ortho intramolecular Hbond substituents is 1. The van der Waals surface area contributed by atoms with Crippen LogP contribution in [0.3, 0.4) is 0 Å². The molecule has 2 amide bonds. The van der Waals surface area contributed by atoms with Gasteiger partial charge in [0.05, 0.1) is 4.75 Å². The quantitative estimate of drug-likeness (QED) is 0.249. The molecule has 1 fully saturated rings. The standard InChI is InChI=1S/C16H19N3O7S/c1-9-7-12(21)19(9)13(15(23)24)16(2,27(25)26)8-17-18-14(22)10-3-5-11(20)6-4-10/h3-6,8-9,13,20H,7H2,1-2H3,(H,18,22)(H,23,24)(H,25,26)/p-1/b17-8+/t9-,13+,16+/m1/s1. The summed E-state index contributed by atoms with van der Waals surface area (Å²) in [5, 5.41) is 22.3. The molecular formula is C16H18N3O7S-. The van der Waals surface area contributed by atoms with E-state index in [4.69, 9.17) is 0 Å². The van der Waals surface area contributed by atoms with Crippen LogP contribution in [-0.2, 0) is 20.7 Å². The van der Waals surface area contributed by atoms with Gasteiger partial charge in [0.2, 0.25) is 5.91 Å². The van der Waals surface area contributed by atoms with Crippen LogP contribution in [0.25, 0.3) is 0 Å². The van der Waals surface area contributed by atoms with Crippen molar-refractivity contribution in [1.82, 2.24) is 10.3 Å². The van der Waals surface area contributed by atoms with E-state index in [0.717, 1.165) is 18.0 Å². The maximum atomic E-state index is 12.0. The van der Waals surface area contributed by atoms with Crippen molar-refractivity contribution in [3.05, 3.63) is 29.8 Å². The number of carbonyl (C=O) groups is 3. The minimum Gasteiger partial charge on any atom is -0.772 e. The number of hydrazone groups is 1. The van der Waals surface area contributed by atoms with Gasteiger partial charge in [0, 0.05) is 24.2 Å². The zero-order valence-electron chi connectivity index (χ0n) is 14.5. The van der Waals surface area contributed by atoms with Gasteiger partial charge in [-0.15, -0.1) is 0 Å². The number of carbonyl (C=O) groups excluding carboxylic acids is 2. The molecule has 2 rings (SSSR count). The van der Waals surface area contributed by atoms with Crippen LogP contribution in [0.5, 0.6) is 5.75 Å². The van der Waals surface area contributed by atoms with E-state index in [2.05, 4.69) is 10.5 Å². The van der Waals surface area contributed by atoms with Gasteiger partial charge >= 0.3 is 5.97 Å². The van der Waals surface area contributed by atoms with Crippen LogP contribution in [-0.4, -0.2) is 64.7 Å². The minimum absolute atomic E-state index is 0.0398. The molecule has 27 heavy (non-hydrogen) atoms. The topological polar surface area (TPSA) is 159 Å². The summed E-state index contributed by atoms with van der Waals surface area (Å²) in [6, 6.07) is 3.10. The Morgan fingerprint density at radius 3 is 2.48 bits per heavy atom. The van der Waals surface area contributed by atoms with Crippen LogP contribution in [0.15, 0.2) is 29.4 Å². The Balaban J connectivity index is 2.23. The second kappa shape index (κ2) is 7.84. The maximum Gasteiger partial charge on any atom is 0.328 e. The van der Waals surface area contributed by atoms with E-state index in [1.165, 1.54) is 24.3 Å². The van der Waals surface area contributed by atoms with Gasteiger partial charge in [-0.3, -0.25) is 13.8 Å². The smallest absolute Gasteiger partial charge is 0.328 e. The van der Waals surface area contributed by atoms with Gasteiger partial charge < -0.3 is 19.7 Å². The maximum absolute atomic E-state index is 12.0. The average molecular weight is 396 g/mol. The largest absolute Gasteiger partial charge is 0.772 e. The summed E-state index contributed by atoms with van der Waals surface area (Å²) < 4.78 is 21.5. The van der Waals surface area contributed by atoms with E-state index in [9.17, 15) is 33.4 Å². The molecule has 0 saturated carbocycles. The van der Waals surface area contributed by atoms with E-state index in [1.54, 1.807) is 6.92 Å². The first kappa shape index (κ1) is 20.5. The Labute approximate surface area is 157 Å². The molecule has 1 saturated heterocycles. The Bertz CT molecular complexity index is 811. The van der Waals surface area contributed by atoms with Crippen molar-refractivity contribution in [2.45, 2.75) is 37.1 Å². The van der Waals surface area contributed by atoms with Crippen LogP contribution < -0.4 is 5.43 Å². The summed E-state index contributed by atoms with van der Waals surface area (Å²) in [4.78, 5) is 36.4. The molecule has 1 aliphatic heterocycles. The zero-order valence-corrected chi connectivity index (χ0v) is 15.3. The van der Waals surface area contributed by atoms with Gasteiger partial charge in [0.15, 0.2) is 6.04 Å². The Hall–Kier alpha value is -2.79. The lowest BCUT2D eigenvalue weighted by molar-refractivity contribution is -0.161. The van der Waals surface area contributed by atoms with Crippen molar-refractivity contribution in [1.29, 1.82) is 0 Å². The number of benzene rings is 1. The molecule has 0 spiro atoms. The summed E-state index contributed by atoms with van der Waals surface area (Å²) in [5.74, 6) is -2.71. The van der Waals surface area contributed by atoms with Crippen molar-refractivity contribution in [3.8, 4) is 5.75 Å². The Morgan fingerprint density at radius 1 is 1.44 bits per heavy atom. The lowest BCUT2D eigenvalue weighted by Crippen LogP contribution is -2.67.